The van der Waals surface area contributed by atoms with Crippen LogP contribution >= 0.6 is 0 Å². The Bertz CT molecular complexity index is 536. The molecule has 21 heavy (non-hydrogen) atoms. The van der Waals surface area contributed by atoms with Crippen LogP contribution in [0.2, 0.25) is 0 Å². The van der Waals surface area contributed by atoms with Crippen LogP contribution in [0.3, 0.4) is 0 Å². The molecule has 0 amide bonds. The molecule has 2 heterocycles. The van der Waals surface area contributed by atoms with Crippen molar-refractivity contribution in [3.05, 3.63) is 48.5 Å². The first-order valence-electron chi connectivity index (χ1n) is 7.67. The molecule has 3 rings (SSSR count). The van der Waals surface area contributed by atoms with Crippen LogP contribution in [0.15, 0.2) is 43.0 Å². The van der Waals surface area contributed by atoms with Crippen LogP contribution in [0.1, 0.15) is 24.3 Å². The second-order valence-corrected chi connectivity index (χ2v) is 5.71. The van der Waals surface area contributed by atoms with Gasteiger partial charge in [-0.15, -0.1) is 0 Å². The van der Waals surface area contributed by atoms with Gasteiger partial charge in [-0.2, -0.15) is 0 Å². The number of hydrogen-bond donors (Lipinski definition) is 0. The number of methoxy groups -OCH3 is 1. The topological polar surface area (TPSA) is 30.3 Å². The zero-order valence-corrected chi connectivity index (χ0v) is 12.6. The van der Waals surface area contributed by atoms with Gasteiger partial charge < -0.3 is 14.2 Å². The van der Waals surface area contributed by atoms with Gasteiger partial charge in [0.05, 0.1) is 13.4 Å². The smallest absolute Gasteiger partial charge is 0.118 e. The van der Waals surface area contributed by atoms with Gasteiger partial charge in [0.1, 0.15) is 5.75 Å². The van der Waals surface area contributed by atoms with E-state index in [1.807, 2.05) is 18.7 Å². The number of aromatic nitrogens is 2. The lowest BCUT2D eigenvalue weighted by atomic mass is 9.98. The molecule has 0 spiro atoms. The number of imidazole rings is 1. The Balaban J connectivity index is 1.46. The Labute approximate surface area is 126 Å². The second-order valence-electron chi connectivity index (χ2n) is 5.71. The zero-order chi connectivity index (χ0) is 14.5. The van der Waals surface area contributed by atoms with Gasteiger partial charge in [-0.25, -0.2) is 4.98 Å². The maximum absolute atomic E-state index is 5.22. The Morgan fingerprint density at radius 1 is 1.24 bits per heavy atom. The van der Waals surface area contributed by atoms with Crippen molar-refractivity contribution in [2.24, 2.45) is 0 Å². The van der Waals surface area contributed by atoms with E-state index in [0.717, 1.165) is 12.3 Å². The van der Waals surface area contributed by atoms with E-state index in [4.69, 9.17) is 4.74 Å². The fourth-order valence-corrected chi connectivity index (χ4v) is 3.08. The van der Waals surface area contributed by atoms with Crippen molar-refractivity contribution >= 4 is 0 Å². The van der Waals surface area contributed by atoms with Crippen molar-refractivity contribution in [3.8, 4) is 5.75 Å². The van der Waals surface area contributed by atoms with Crippen molar-refractivity contribution in [1.29, 1.82) is 0 Å². The van der Waals surface area contributed by atoms with Crippen molar-refractivity contribution < 1.29 is 4.74 Å². The predicted molar refractivity (Wildman–Crippen MR) is 83.6 cm³/mol. The van der Waals surface area contributed by atoms with Gasteiger partial charge in [-0.3, -0.25) is 0 Å². The summed E-state index contributed by atoms with van der Waals surface area (Å²) in [5.41, 5.74) is 1.44. The maximum Gasteiger partial charge on any atom is 0.118 e. The summed E-state index contributed by atoms with van der Waals surface area (Å²) in [6, 6.07) is 8.55. The quantitative estimate of drug-likeness (QED) is 0.817. The SMILES string of the molecule is COc1ccc([C@H]2CCN(CCCn3ccnc3)C2)cc1. The van der Waals surface area contributed by atoms with Gasteiger partial charge in [0, 0.05) is 25.5 Å². The fraction of sp³-hybridized carbons (Fsp3) is 0.471. The van der Waals surface area contributed by atoms with Crippen molar-refractivity contribution in [2.75, 3.05) is 26.7 Å². The van der Waals surface area contributed by atoms with E-state index >= 15 is 0 Å². The minimum atomic E-state index is 0.671. The lowest BCUT2D eigenvalue weighted by Crippen LogP contribution is -2.22. The summed E-state index contributed by atoms with van der Waals surface area (Å²) in [4.78, 5) is 6.65. The highest BCUT2D eigenvalue weighted by Gasteiger charge is 2.23. The van der Waals surface area contributed by atoms with E-state index in [-0.39, 0.29) is 0 Å². The summed E-state index contributed by atoms with van der Waals surface area (Å²) in [5, 5.41) is 0. The molecule has 2 aromatic rings. The number of nitrogens with zero attached hydrogens (tertiary/aromatic N) is 3. The third-order valence-corrected chi connectivity index (χ3v) is 4.31. The normalized spacial score (nSPS) is 19.0. The number of hydrogen-bond acceptors (Lipinski definition) is 3. The van der Waals surface area contributed by atoms with E-state index in [1.54, 1.807) is 7.11 Å². The first-order chi connectivity index (χ1) is 10.3. The van der Waals surface area contributed by atoms with Crippen LogP contribution in [-0.4, -0.2) is 41.2 Å². The fourth-order valence-electron chi connectivity index (χ4n) is 3.08. The third kappa shape index (κ3) is 3.64. The monoisotopic (exact) mass is 285 g/mol. The molecule has 1 aromatic carbocycles. The largest absolute Gasteiger partial charge is 0.497 e. The van der Waals surface area contributed by atoms with Crippen molar-refractivity contribution in [3.63, 3.8) is 0 Å². The van der Waals surface area contributed by atoms with Crippen LogP contribution in [0, 0.1) is 0 Å². The van der Waals surface area contributed by atoms with Gasteiger partial charge in [-0.1, -0.05) is 12.1 Å². The average molecular weight is 285 g/mol. The van der Waals surface area contributed by atoms with Crippen LogP contribution in [-0.2, 0) is 6.54 Å². The maximum atomic E-state index is 5.22. The number of likely N-dealkylation sites (tertiary alicyclic amines) is 1. The predicted octanol–water partition coefficient (Wildman–Crippen LogP) is 2.77. The van der Waals surface area contributed by atoms with Gasteiger partial charge in [0.15, 0.2) is 0 Å². The van der Waals surface area contributed by atoms with E-state index in [0.29, 0.717) is 5.92 Å². The molecule has 0 radical (unpaired) electrons. The van der Waals surface area contributed by atoms with Gasteiger partial charge in [0.25, 0.3) is 0 Å². The first kappa shape index (κ1) is 14.1. The molecule has 0 saturated carbocycles. The molecule has 1 aliphatic heterocycles. The zero-order valence-electron chi connectivity index (χ0n) is 12.6. The van der Waals surface area contributed by atoms with Gasteiger partial charge in [0.2, 0.25) is 0 Å². The van der Waals surface area contributed by atoms with Crippen LogP contribution in [0.4, 0.5) is 0 Å². The molecule has 1 fully saturated rings. The van der Waals surface area contributed by atoms with Crippen molar-refractivity contribution in [2.45, 2.75) is 25.3 Å². The lowest BCUT2D eigenvalue weighted by molar-refractivity contribution is 0.321. The van der Waals surface area contributed by atoms with Crippen LogP contribution in [0.5, 0.6) is 5.75 Å². The summed E-state index contributed by atoms with van der Waals surface area (Å²) in [6.45, 7) is 4.62. The molecule has 0 bridgehead atoms. The summed E-state index contributed by atoms with van der Waals surface area (Å²) in [7, 11) is 1.71. The van der Waals surface area contributed by atoms with Crippen molar-refractivity contribution in [1.82, 2.24) is 14.5 Å². The molecule has 1 atom stereocenters. The highest BCUT2D eigenvalue weighted by atomic mass is 16.5. The average Bonchev–Trinajstić information content (AvgIpc) is 3.19. The molecule has 0 unspecified atom stereocenters. The first-order valence-corrected chi connectivity index (χ1v) is 7.67. The summed E-state index contributed by atoms with van der Waals surface area (Å²) in [5.74, 6) is 1.61. The molecule has 112 valence electrons. The molecular weight excluding hydrogens is 262 g/mol. The lowest BCUT2D eigenvalue weighted by Gasteiger charge is -2.16. The van der Waals surface area contributed by atoms with Crippen LogP contribution < -0.4 is 4.74 Å². The highest BCUT2D eigenvalue weighted by Crippen LogP contribution is 2.28. The molecule has 4 nitrogen and oxygen atoms in total. The highest BCUT2D eigenvalue weighted by molar-refractivity contribution is 5.30. The summed E-state index contributed by atoms with van der Waals surface area (Å²) < 4.78 is 7.37. The Morgan fingerprint density at radius 3 is 2.81 bits per heavy atom. The number of benzene rings is 1. The third-order valence-electron chi connectivity index (χ3n) is 4.31. The van der Waals surface area contributed by atoms with Gasteiger partial charge >= 0.3 is 0 Å². The number of aryl methyl sites for hydroxylation is 1. The van der Waals surface area contributed by atoms with Gasteiger partial charge in [-0.05, 0) is 49.5 Å². The minimum absolute atomic E-state index is 0.671. The molecule has 1 saturated heterocycles. The van der Waals surface area contributed by atoms with Crippen LogP contribution in [0.25, 0.3) is 0 Å². The molecule has 0 aliphatic carbocycles. The van der Waals surface area contributed by atoms with E-state index in [9.17, 15) is 0 Å². The number of rotatable bonds is 6. The Morgan fingerprint density at radius 2 is 2.10 bits per heavy atom. The van der Waals surface area contributed by atoms with E-state index < -0.39 is 0 Å². The molecule has 4 heteroatoms. The summed E-state index contributed by atoms with van der Waals surface area (Å²) >= 11 is 0. The van der Waals surface area contributed by atoms with E-state index in [1.165, 1.54) is 38.0 Å². The summed E-state index contributed by atoms with van der Waals surface area (Å²) in [6.07, 6.45) is 8.22. The molecule has 1 aliphatic rings. The second kappa shape index (κ2) is 6.76. The molecule has 0 N–H and O–H groups in total. The standard InChI is InChI=1S/C17H23N3O/c1-21-17-5-3-15(4-6-17)16-7-11-19(13-16)9-2-10-20-12-8-18-14-20/h3-6,8,12,14,16H,2,7,9-11,13H2,1H3/t16-/m0/s1. The Hall–Kier alpha value is -1.81. The number of ether oxygens (including phenoxy) is 1. The Kier molecular flexibility index (Phi) is 4.55. The molecule has 1 aromatic heterocycles. The molecular formula is C17H23N3O. The minimum Gasteiger partial charge on any atom is -0.497 e. The van der Waals surface area contributed by atoms with E-state index in [2.05, 4.69) is 38.7 Å².